The predicted molar refractivity (Wildman–Crippen MR) is 75.9 cm³/mol. The molecular formula is C12H16ClN3O2S. The van der Waals surface area contributed by atoms with E-state index in [-0.39, 0.29) is 17.7 Å². The van der Waals surface area contributed by atoms with E-state index in [0.29, 0.717) is 16.6 Å². The zero-order chi connectivity index (χ0) is 14.0. The van der Waals surface area contributed by atoms with Gasteiger partial charge in [0.15, 0.2) is 5.13 Å². The predicted octanol–water partition coefficient (Wildman–Crippen LogP) is 2.02. The Labute approximate surface area is 120 Å². The lowest BCUT2D eigenvalue weighted by atomic mass is 9.95. The van der Waals surface area contributed by atoms with Crippen molar-refractivity contribution in [3.05, 3.63) is 10.6 Å². The van der Waals surface area contributed by atoms with Crippen molar-refractivity contribution in [2.75, 3.05) is 17.7 Å². The third kappa shape index (κ3) is 3.06. The standard InChI is InChI=1S/C12H16ClN3O2S/c1-12(2,6-13)10(18)16-11-15-7-4-3-5-14-9(17)8(7)19-11/h3-6H2,1-2H3,(H,14,17)(H,15,16,18). The molecule has 2 rings (SSSR count). The van der Waals surface area contributed by atoms with Crippen LogP contribution in [0.25, 0.3) is 0 Å². The van der Waals surface area contributed by atoms with E-state index < -0.39 is 5.41 Å². The van der Waals surface area contributed by atoms with Gasteiger partial charge in [-0.05, 0) is 26.7 Å². The Bertz CT molecular complexity index is 513. The summed E-state index contributed by atoms with van der Waals surface area (Å²) in [5.74, 6) is -0.0707. The van der Waals surface area contributed by atoms with E-state index in [1.807, 2.05) is 0 Å². The lowest BCUT2D eigenvalue weighted by Crippen LogP contribution is -2.32. The molecule has 1 aliphatic rings. The second kappa shape index (κ2) is 5.46. The summed E-state index contributed by atoms with van der Waals surface area (Å²) in [5.41, 5.74) is 0.103. The molecule has 2 N–H and O–H groups in total. The smallest absolute Gasteiger partial charge is 0.263 e. The molecule has 0 radical (unpaired) electrons. The quantitative estimate of drug-likeness (QED) is 0.839. The van der Waals surface area contributed by atoms with E-state index >= 15 is 0 Å². The zero-order valence-electron chi connectivity index (χ0n) is 10.9. The maximum Gasteiger partial charge on any atom is 0.263 e. The Hall–Kier alpha value is -1.14. The van der Waals surface area contributed by atoms with Crippen molar-refractivity contribution in [3.63, 3.8) is 0 Å². The molecule has 1 aromatic rings. The van der Waals surface area contributed by atoms with Gasteiger partial charge in [-0.3, -0.25) is 9.59 Å². The van der Waals surface area contributed by atoms with Crippen LogP contribution in [0.4, 0.5) is 5.13 Å². The van der Waals surface area contributed by atoms with Crippen molar-refractivity contribution < 1.29 is 9.59 Å². The Morgan fingerprint density at radius 1 is 1.58 bits per heavy atom. The molecule has 0 saturated heterocycles. The maximum absolute atomic E-state index is 12.0. The number of hydrogen-bond donors (Lipinski definition) is 2. The maximum atomic E-state index is 12.0. The van der Waals surface area contributed by atoms with Gasteiger partial charge in [0.25, 0.3) is 5.91 Å². The highest BCUT2D eigenvalue weighted by Crippen LogP contribution is 2.27. The van der Waals surface area contributed by atoms with Crippen LogP contribution in [-0.2, 0) is 11.2 Å². The van der Waals surface area contributed by atoms with Crippen LogP contribution >= 0.6 is 22.9 Å². The van der Waals surface area contributed by atoms with Crippen LogP contribution < -0.4 is 10.6 Å². The number of halogens is 1. The van der Waals surface area contributed by atoms with Gasteiger partial charge in [-0.25, -0.2) is 4.98 Å². The van der Waals surface area contributed by atoms with Gasteiger partial charge in [-0.15, -0.1) is 11.6 Å². The molecule has 0 unspecified atom stereocenters. The summed E-state index contributed by atoms with van der Waals surface area (Å²) in [6.07, 6.45) is 1.61. The number of aryl methyl sites for hydroxylation is 1. The van der Waals surface area contributed by atoms with Gasteiger partial charge in [-0.2, -0.15) is 0 Å². The zero-order valence-corrected chi connectivity index (χ0v) is 12.5. The summed E-state index contributed by atoms with van der Waals surface area (Å²) >= 11 is 6.97. The monoisotopic (exact) mass is 301 g/mol. The van der Waals surface area contributed by atoms with E-state index in [2.05, 4.69) is 15.6 Å². The molecule has 19 heavy (non-hydrogen) atoms. The Balaban J connectivity index is 2.18. The molecule has 0 aromatic carbocycles. The molecule has 5 nitrogen and oxygen atoms in total. The molecule has 104 valence electrons. The molecule has 1 aliphatic heterocycles. The molecule has 2 amide bonds. The fourth-order valence-electron chi connectivity index (χ4n) is 1.62. The highest BCUT2D eigenvalue weighted by atomic mass is 35.5. The molecule has 1 aromatic heterocycles. The average molecular weight is 302 g/mol. The largest absolute Gasteiger partial charge is 0.351 e. The fourth-order valence-corrected chi connectivity index (χ4v) is 2.66. The summed E-state index contributed by atoms with van der Waals surface area (Å²) in [4.78, 5) is 28.7. The minimum absolute atomic E-state index is 0.109. The van der Waals surface area contributed by atoms with Gasteiger partial charge < -0.3 is 10.6 Å². The molecular weight excluding hydrogens is 286 g/mol. The number of alkyl halides is 1. The first-order valence-corrected chi connectivity index (χ1v) is 7.44. The lowest BCUT2D eigenvalue weighted by Gasteiger charge is -2.19. The number of rotatable bonds is 3. The topological polar surface area (TPSA) is 71.1 Å². The normalized spacial score (nSPS) is 15.4. The van der Waals surface area contributed by atoms with Gasteiger partial charge in [0.2, 0.25) is 5.91 Å². The van der Waals surface area contributed by atoms with Crippen molar-refractivity contribution >= 4 is 39.9 Å². The number of nitrogens with one attached hydrogen (secondary N) is 2. The summed E-state index contributed by atoms with van der Waals surface area (Å²) in [5, 5.41) is 6.00. The Morgan fingerprint density at radius 3 is 3.00 bits per heavy atom. The van der Waals surface area contributed by atoms with Gasteiger partial charge in [-0.1, -0.05) is 11.3 Å². The fraction of sp³-hybridized carbons (Fsp3) is 0.583. The van der Waals surface area contributed by atoms with E-state index in [0.717, 1.165) is 18.5 Å². The summed E-state index contributed by atoms with van der Waals surface area (Å²) in [6.45, 7) is 4.20. The van der Waals surface area contributed by atoms with Crippen molar-refractivity contribution in [2.24, 2.45) is 5.41 Å². The number of hydrogen-bond acceptors (Lipinski definition) is 4. The number of fused-ring (bicyclic) bond motifs is 1. The van der Waals surface area contributed by atoms with Crippen molar-refractivity contribution in [1.29, 1.82) is 0 Å². The first kappa shape index (κ1) is 14.3. The first-order chi connectivity index (χ1) is 8.94. The van der Waals surface area contributed by atoms with Crippen LogP contribution in [0.15, 0.2) is 0 Å². The molecule has 0 saturated carbocycles. The summed E-state index contributed by atoms with van der Waals surface area (Å²) in [7, 11) is 0. The average Bonchev–Trinajstić information content (AvgIpc) is 2.69. The highest BCUT2D eigenvalue weighted by Gasteiger charge is 2.28. The number of amides is 2. The van der Waals surface area contributed by atoms with Crippen LogP contribution in [0.2, 0.25) is 0 Å². The molecule has 2 heterocycles. The number of carbonyl (C=O) groups is 2. The van der Waals surface area contributed by atoms with E-state index in [1.165, 1.54) is 11.3 Å². The lowest BCUT2D eigenvalue weighted by molar-refractivity contribution is -0.122. The van der Waals surface area contributed by atoms with Crippen molar-refractivity contribution in [2.45, 2.75) is 26.7 Å². The molecule has 7 heteroatoms. The third-order valence-electron chi connectivity index (χ3n) is 2.95. The van der Waals surface area contributed by atoms with Crippen LogP contribution in [-0.4, -0.2) is 29.2 Å². The number of carbonyl (C=O) groups excluding carboxylic acids is 2. The molecule has 0 aliphatic carbocycles. The minimum atomic E-state index is -0.660. The number of thiazole rings is 1. The number of aromatic nitrogens is 1. The van der Waals surface area contributed by atoms with Gasteiger partial charge in [0.1, 0.15) is 4.88 Å². The van der Waals surface area contributed by atoms with Crippen LogP contribution in [0.5, 0.6) is 0 Å². The van der Waals surface area contributed by atoms with Gasteiger partial charge >= 0.3 is 0 Å². The summed E-state index contributed by atoms with van der Waals surface area (Å²) in [6, 6.07) is 0. The van der Waals surface area contributed by atoms with Crippen LogP contribution in [0, 0.1) is 5.41 Å². The second-order valence-electron chi connectivity index (χ2n) is 5.13. The first-order valence-electron chi connectivity index (χ1n) is 6.09. The van der Waals surface area contributed by atoms with E-state index in [9.17, 15) is 9.59 Å². The molecule has 0 bridgehead atoms. The minimum Gasteiger partial charge on any atom is -0.351 e. The summed E-state index contributed by atoms with van der Waals surface area (Å²) < 4.78 is 0. The van der Waals surface area contributed by atoms with Gasteiger partial charge in [0, 0.05) is 12.4 Å². The van der Waals surface area contributed by atoms with Crippen LogP contribution in [0.1, 0.15) is 35.6 Å². The second-order valence-corrected chi connectivity index (χ2v) is 6.39. The van der Waals surface area contributed by atoms with Gasteiger partial charge in [0.05, 0.1) is 11.1 Å². The van der Waals surface area contributed by atoms with Crippen molar-refractivity contribution in [3.8, 4) is 0 Å². The van der Waals surface area contributed by atoms with Crippen LogP contribution in [0.3, 0.4) is 0 Å². The molecule has 0 atom stereocenters. The highest BCUT2D eigenvalue weighted by molar-refractivity contribution is 7.17. The number of anilines is 1. The number of nitrogens with zero attached hydrogens (tertiary/aromatic N) is 1. The molecule has 0 fully saturated rings. The third-order valence-corrected chi connectivity index (χ3v) is 4.63. The van der Waals surface area contributed by atoms with E-state index in [1.54, 1.807) is 13.8 Å². The molecule has 0 spiro atoms. The SMILES string of the molecule is CC(C)(CCl)C(=O)Nc1nc2c(s1)C(=O)NCCC2. The Morgan fingerprint density at radius 2 is 2.32 bits per heavy atom. The van der Waals surface area contributed by atoms with Crippen molar-refractivity contribution in [1.82, 2.24) is 10.3 Å². The van der Waals surface area contributed by atoms with E-state index in [4.69, 9.17) is 11.6 Å². The Kier molecular flexibility index (Phi) is 4.10.